The summed E-state index contributed by atoms with van der Waals surface area (Å²) < 4.78 is 10.3. The van der Waals surface area contributed by atoms with Gasteiger partial charge in [0, 0.05) is 11.5 Å². The Morgan fingerprint density at radius 3 is 2.74 bits per heavy atom. The highest BCUT2D eigenvalue weighted by Gasteiger charge is 2.36. The lowest BCUT2D eigenvalue weighted by atomic mass is 9.85. The van der Waals surface area contributed by atoms with Crippen LogP contribution in [0.4, 0.5) is 5.69 Å². The molecule has 23 heavy (non-hydrogen) atoms. The molecule has 1 aliphatic rings. The van der Waals surface area contributed by atoms with Crippen LogP contribution in [0.1, 0.15) is 28.4 Å². The van der Waals surface area contributed by atoms with E-state index >= 15 is 0 Å². The van der Waals surface area contributed by atoms with Gasteiger partial charge in [0.05, 0.1) is 23.0 Å². The maximum atomic E-state index is 12.0. The van der Waals surface area contributed by atoms with Crippen LogP contribution in [-0.2, 0) is 10.3 Å². The number of esters is 1. The van der Waals surface area contributed by atoms with Crippen LogP contribution in [0.15, 0.2) is 18.2 Å². The molecule has 0 bridgehead atoms. The average Bonchev–Trinajstić information content (AvgIpc) is 2.50. The third-order valence-electron chi connectivity index (χ3n) is 4.08. The maximum Gasteiger partial charge on any atom is 0.338 e. The number of rotatable bonds is 2. The first-order valence-electron chi connectivity index (χ1n) is 6.96. The van der Waals surface area contributed by atoms with E-state index in [1.54, 1.807) is 19.9 Å². The SMILES string of the molecule is COC(=O)c1ccc2c3c(c(C)cc([N+](=O)[O-])c13)OCC2(C)O. The quantitative estimate of drug-likeness (QED) is 0.519. The molecule has 0 aliphatic carbocycles. The molecule has 2 aromatic rings. The van der Waals surface area contributed by atoms with Gasteiger partial charge < -0.3 is 14.6 Å². The zero-order chi connectivity index (χ0) is 16.9. The molecule has 0 fully saturated rings. The molecule has 0 saturated carbocycles. The summed E-state index contributed by atoms with van der Waals surface area (Å²) >= 11 is 0. The molecule has 7 nitrogen and oxygen atoms in total. The van der Waals surface area contributed by atoms with E-state index in [1.807, 2.05) is 0 Å². The minimum atomic E-state index is -1.30. The highest BCUT2D eigenvalue weighted by atomic mass is 16.6. The Balaban J connectivity index is 2.56. The number of methoxy groups -OCH3 is 1. The summed E-state index contributed by atoms with van der Waals surface area (Å²) in [5.74, 6) is -0.238. The van der Waals surface area contributed by atoms with Gasteiger partial charge in [-0.2, -0.15) is 0 Å². The van der Waals surface area contributed by atoms with Crippen LogP contribution in [0, 0.1) is 17.0 Å². The van der Waals surface area contributed by atoms with Gasteiger partial charge in [0.2, 0.25) is 0 Å². The summed E-state index contributed by atoms with van der Waals surface area (Å²) in [7, 11) is 1.21. The van der Waals surface area contributed by atoms with Gasteiger partial charge in [-0.1, -0.05) is 6.07 Å². The number of carbonyl (C=O) groups excluding carboxylic acids is 1. The monoisotopic (exact) mass is 317 g/mol. The van der Waals surface area contributed by atoms with Crippen LogP contribution < -0.4 is 4.74 Å². The minimum Gasteiger partial charge on any atom is -0.489 e. The van der Waals surface area contributed by atoms with Gasteiger partial charge in [-0.15, -0.1) is 0 Å². The molecule has 120 valence electrons. The number of aryl methyl sites for hydroxylation is 1. The van der Waals surface area contributed by atoms with E-state index < -0.39 is 16.5 Å². The van der Waals surface area contributed by atoms with E-state index in [0.717, 1.165) is 0 Å². The number of nitro benzene ring substituents is 1. The van der Waals surface area contributed by atoms with Crippen LogP contribution in [0.25, 0.3) is 10.8 Å². The number of benzene rings is 2. The zero-order valence-electron chi connectivity index (χ0n) is 12.9. The molecule has 2 aromatic carbocycles. The summed E-state index contributed by atoms with van der Waals surface area (Å²) in [4.78, 5) is 23.0. The van der Waals surface area contributed by atoms with Crippen molar-refractivity contribution in [1.82, 2.24) is 0 Å². The lowest BCUT2D eigenvalue weighted by Crippen LogP contribution is -2.33. The van der Waals surface area contributed by atoms with Gasteiger partial charge >= 0.3 is 5.97 Å². The van der Waals surface area contributed by atoms with E-state index in [-0.39, 0.29) is 23.2 Å². The Kier molecular flexibility index (Phi) is 3.26. The molecule has 1 aliphatic heterocycles. The summed E-state index contributed by atoms with van der Waals surface area (Å²) in [6.07, 6.45) is 0. The number of nitrogens with zero attached hydrogens (tertiary/aromatic N) is 1. The second-order valence-electron chi connectivity index (χ2n) is 5.76. The second-order valence-corrected chi connectivity index (χ2v) is 5.76. The van der Waals surface area contributed by atoms with Crippen molar-refractivity contribution < 1.29 is 24.3 Å². The first kappa shape index (κ1) is 15.2. The Labute approximate surface area is 131 Å². The summed E-state index contributed by atoms with van der Waals surface area (Å²) in [6, 6.07) is 4.40. The lowest BCUT2D eigenvalue weighted by Gasteiger charge is -2.32. The largest absolute Gasteiger partial charge is 0.489 e. The van der Waals surface area contributed by atoms with Crippen molar-refractivity contribution in [2.75, 3.05) is 13.7 Å². The topological polar surface area (TPSA) is 98.9 Å². The fourth-order valence-corrected chi connectivity index (χ4v) is 2.99. The molecule has 0 spiro atoms. The minimum absolute atomic E-state index is 0.0331. The first-order valence-corrected chi connectivity index (χ1v) is 6.96. The second kappa shape index (κ2) is 4.92. The predicted molar refractivity (Wildman–Crippen MR) is 81.7 cm³/mol. The molecule has 1 unspecified atom stereocenters. The van der Waals surface area contributed by atoms with E-state index in [4.69, 9.17) is 9.47 Å². The van der Waals surface area contributed by atoms with Gasteiger partial charge in [-0.25, -0.2) is 4.79 Å². The van der Waals surface area contributed by atoms with Crippen molar-refractivity contribution in [1.29, 1.82) is 0 Å². The van der Waals surface area contributed by atoms with Crippen molar-refractivity contribution in [2.24, 2.45) is 0 Å². The zero-order valence-corrected chi connectivity index (χ0v) is 12.9. The number of ether oxygens (including phenoxy) is 2. The molecule has 1 atom stereocenters. The summed E-state index contributed by atoms with van der Waals surface area (Å²) in [6.45, 7) is 3.29. The Hall–Kier alpha value is -2.67. The van der Waals surface area contributed by atoms with Gasteiger partial charge in [-0.3, -0.25) is 10.1 Å². The normalized spacial score (nSPS) is 19.3. The third kappa shape index (κ3) is 2.12. The molecular weight excluding hydrogens is 302 g/mol. The van der Waals surface area contributed by atoms with Gasteiger partial charge in [0.25, 0.3) is 5.69 Å². The number of hydrogen-bond acceptors (Lipinski definition) is 6. The van der Waals surface area contributed by atoms with Crippen LogP contribution in [-0.4, -0.2) is 29.7 Å². The van der Waals surface area contributed by atoms with Crippen LogP contribution >= 0.6 is 0 Å². The van der Waals surface area contributed by atoms with Crippen molar-refractivity contribution in [2.45, 2.75) is 19.4 Å². The molecular formula is C16H15NO6. The van der Waals surface area contributed by atoms with Gasteiger partial charge in [0.1, 0.15) is 18.0 Å². The molecule has 1 N–H and O–H groups in total. The van der Waals surface area contributed by atoms with Crippen molar-refractivity contribution >= 4 is 22.4 Å². The molecule has 7 heteroatoms. The fraction of sp³-hybridized carbons (Fsp3) is 0.312. The van der Waals surface area contributed by atoms with Crippen LogP contribution in [0.5, 0.6) is 5.75 Å². The standard InChI is InChI=1S/C16H15NO6/c1-8-6-11(17(20)21)12-9(15(18)22-3)4-5-10-13(12)14(8)23-7-16(10,2)19/h4-6,19H,7H2,1-3H3. The Bertz CT molecular complexity index is 856. The van der Waals surface area contributed by atoms with Gasteiger partial charge in [-0.05, 0) is 31.0 Å². The highest BCUT2D eigenvalue weighted by molar-refractivity contribution is 6.12. The summed E-state index contributed by atoms with van der Waals surface area (Å²) in [5.41, 5.74) is -0.386. The van der Waals surface area contributed by atoms with Gasteiger partial charge in [0.15, 0.2) is 0 Å². The van der Waals surface area contributed by atoms with E-state index in [1.165, 1.54) is 19.2 Å². The number of carbonyl (C=O) groups is 1. The van der Waals surface area contributed by atoms with Crippen LogP contribution in [0.2, 0.25) is 0 Å². The third-order valence-corrected chi connectivity index (χ3v) is 4.08. The van der Waals surface area contributed by atoms with E-state index in [0.29, 0.717) is 22.3 Å². The molecule has 3 rings (SSSR count). The number of aliphatic hydroxyl groups is 1. The Morgan fingerprint density at radius 2 is 2.13 bits per heavy atom. The van der Waals surface area contributed by atoms with Crippen molar-refractivity contribution in [3.63, 3.8) is 0 Å². The predicted octanol–water partition coefficient (Wildman–Crippen LogP) is 2.44. The number of nitro groups is 1. The number of non-ortho nitro benzene ring substituents is 1. The maximum absolute atomic E-state index is 12.0. The molecule has 0 radical (unpaired) electrons. The molecule has 1 heterocycles. The van der Waals surface area contributed by atoms with E-state index in [2.05, 4.69) is 0 Å². The Morgan fingerprint density at radius 1 is 1.43 bits per heavy atom. The van der Waals surface area contributed by atoms with Crippen molar-refractivity contribution in [3.8, 4) is 5.75 Å². The molecule has 0 saturated heterocycles. The smallest absolute Gasteiger partial charge is 0.338 e. The fourth-order valence-electron chi connectivity index (χ4n) is 2.99. The lowest BCUT2D eigenvalue weighted by molar-refractivity contribution is -0.383. The van der Waals surface area contributed by atoms with E-state index in [9.17, 15) is 20.0 Å². The highest BCUT2D eigenvalue weighted by Crippen LogP contribution is 2.46. The van der Waals surface area contributed by atoms with Crippen LogP contribution in [0.3, 0.4) is 0 Å². The van der Waals surface area contributed by atoms with Crippen molar-refractivity contribution in [3.05, 3.63) is 45.0 Å². The summed E-state index contributed by atoms with van der Waals surface area (Å²) in [5, 5.41) is 22.5. The average molecular weight is 317 g/mol. The number of hydrogen-bond donors (Lipinski definition) is 1. The molecule has 0 amide bonds. The molecule has 0 aromatic heterocycles. The first-order chi connectivity index (χ1) is 10.8.